The van der Waals surface area contributed by atoms with Gasteiger partial charge in [0.2, 0.25) is 0 Å². The lowest BCUT2D eigenvalue weighted by atomic mass is 9.76. The van der Waals surface area contributed by atoms with Gasteiger partial charge in [0.1, 0.15) is 11.4 Å². The van der Waals surface area contributed by atoms with Crippen molar-refractivity contribution in [3.8, 4) is 0 Å². The van der Waals surface area contributed by atoms with Crippen LogP contribution in [0.5, 0.6) is 0 Å². The van der Waals surface area contributed by atoms with E-state index in [-0.39, 0.29) is 6.10 Å². The van der Waals surface area contributed by atoms with Crippen LogP contribution in [0.25, 0.3) is 0 Å². The maximum Gasteiger partial charge on any atom is 0.126 e. The van der Waals surface area contributed by atoms with Gasteiger partial charge < -0.3 is 14.6 Å². The molecule has 3 nitrogen and oxygen atoms in total. The summed E-state index contributed by atoms with van der Waals surface area (Å²) < 4.78 is 10.7. The van der Waals surface area contributed by atoms with E-state index >= 15 is 0 Å². The number of aliphatic hydroxyl groups is 1. The third-order valence-corrected chi connectivity index (χ3v) is 2.70. The van der Waals surface area contributed by atoms with Crippen LogP contribution in [0.2, 0.25) is 0 Å². The van der Waals surface area contributed by atoms with E-state index in [9.17, 15) is 5.11 Å². The molecule has 1 aliphatic heterocycles. The summed E-state index contributed by atoms with van der Waals surface area (Å²) in [4.78, 5) is 0. The first-order chi connectivity index (χ1) is 6.24. The van der Waals surface area contributed by atoms with Crippen molar-refractivity contribution in [1.29, 1.82) is 0 Å². The van der Waals surface area contributed by atoms with Gasteiger partial charge in [-0.3, -0.25) is 0 Å². The summed E-state index contributed by atoms with van der Waals surface area (Å²) in [6, 6.07) is 0. The van der Waals surface area contributed by atoms with Crippen molar-refractivity contribution in [1.82, 2.24) is 0 Å². The van der Waals surface area contributed by atoms with Gasteiger partial charge in [0.05, 0.1) is 12.7 Å². The fourth-order valence-corrected chi connectivity index (χ4v) is 1.99. The predicted molar refractivity (Wildman–Crippen MR) is 48.2 cm³/mol. The molecule has 3 heteroatoms. The minimum atomic E-state index is -0.712. The molecule has 1 saturated carbocycles. The summed E-state index contributed by atoms with van der Waals surface area (Å²) in [5.41, 5.74) is -0.712. The first-order valence-corrected chi connectivity index (χ1v) is 4.92. The zero-order valence-electron chi connectivity index (χ0n) is 7.95. The monoisotopic (exact) mass is 184 g/mol. The minimum Gasteiger partial charge on any atom is -0.495 e. The maximum atomic E-state index is 10.0. The van der Waals surface area contributed by atoms with Gasteiger partial charge in [-0.1, -0.05) is 0 Å². The maximum absolute atomic E-state index is 10.0. The molecule has 0 amide bonds. The second-order valence-corrected chi connectivity index (χ2v) is 3.72. The molecule has 0 aromatic heterocycles. The summed E-state index contributed by atoms with van der Waals surface area (Å²) in [5.74, 6) is 0.767. The highest BCUT2D eigenvalue weighted by molar-refractivity contribution is 5.19. The quantitative estimate of drug-likeness (QED) is 0.716. The lowest BCUT2D eigenvalue weighted by Crippen LogP contribution is -2.49. The molecule has 0 atom stereocenters. The Morgan fingerprint density at radius 2 is 2.46 bits per heavy atom. The third-order valence-electron chi connectivity index (χ3n) is 2.70. The van der Waals surface area contributed by atoms with E-state index in [0.717, 1.165) is 25.4 Å². The van der Waals surface area contributed by atoms with Crippen LogP contribution in [-0.2, 0) is 9.47 Å². The lowest BCUT2D eigenvalue weighted by molar-refractivity contribution is -0.135. The first kappa shape index (κ1) is 9.03. The van der Waals surface area contributed by atoms with Gasteiger partial charge in [-0.15, -0.1) is 0 Å². The summed E-state index contributed by atoms with van der Waals surface area (Å²) >= 11 is 0. The molecule has 1 N–H and O–H groups in total. The Morgan fingerprint density at radius 3 is 3.00 bits per heavy atom. The molecule has 13 heavy (non-hydrogen) atoms. The summed E-state index contributed by atoms with van der Waals surface area (Å²) in [6.07, 6.45) is 4.51. The third kappa shape index (κ3) is 1.58. The number of ether oxygens (including phenoxy) is 2. The Balaban J connectivity index is 1.87. The van der Waals surface area contributed by atoms with Crippen LogP contribution >= 0.6 is 0 Å². The highest BCUT2D eigenvalue weighted by Crippen LogP contribution is 2.41. The number of rotatable bonds is 3. The first-order valence-electron chi connectivity index (χ1n) is 4.92. The van der Waals surface area contributed by atoms with Crippen molar-refractivity contribution in [3.05, 3.63) is 11.8 Å². The molecule has 1 fully saturated rings. The topological polar surface area (TPSA) is 38.7 Å². The fourth-order valence-electron chi connectivity index (χ4n) is 1.99. The van der Waals surface area contributed by atoms with E-state index in [1.165, 1.54) is 0 Å². The van der Waals surface area contributed by atoms with Gasteiger partial charge in [-0.25, -0.2) is 0 Å². The molecule has 0 saturated heterocycles. The lowest BCUT2D eigenvalue weighted by Gasteiger charge is -2.43. The Bertz CT molecular complexity index is 216. The van der Waals surface area contributed by atoms with Crippen LogP contribution in [0.15, 0.2) is 11.8 Å². The Morgan fingerprint density at radius 1 is 1.69 bits per heavy atom. The van der Waals surface area contributed by atoms with Gasteiger partial charge in [0, 0.05) is 25.9 Å². The largest absolute Gasteiger partial charge is 0.495 e. The van der Waals surface area contributed by atoms with E-state index in [1.54, 1.807) is 0 Å². The Kier molecular flexibility index (Phi) is 2.30. The molecule has 0 radical (unpaired) electrons. The van der Waals surface area contributed by atoms with Crippen LogP contribution in [-0.4, -0.2) is 30.0 Å². The van der Waals surface area contributed by atoms with Gasteiger partial charge in [0.25, 0.3) is 0 Å². The van der Waals surface area contributed by atoms with Crippen LogP contribution in [0, 0.1) is 0 Å². The summed E-state index contributed by atoms with van der Waals surface area (Å²) in [6.45, 7) is 3.42. The normalized spacial score (nSPS) is 38.0. The van der Waals surface area contributed by atoms with Crippen molar-refractivity contribution in [2.75, 3.05) is 13.2 Å². The SMILES string of the molecule is CCOC1CC(O)(C2=CCCO2)C1. The molecule has 1 aliphatic carbocycles. The average molecular weight is 184 g/mol. The molecule has 0 bridgehead atoms. The second kappa shape index (κ2) is 3.31. The van der Waals surface area contributed by atoms with Gasteiger partial charge in [-0.2, -0.15) is 0 Å². The molecule has 2 aliphatic rings. The second-order valence-electron chi connectivity index (χ2n) is 3.72. The van der Waals surface area contributed by atoms with Crippen molar-refractivity contribution in [3.63, 3.8) is 0 Å². The summed E-state index contributed by atoms with van der Waals surface area (Å²) in [7, 11) is 0. The van der Waals surface area contributed by atoms with Crippen LogP contribution in [0.4, 0.5) is 0 Å². The minimum absolute atomic E-state index is 0.222. The van der Waals surface area contributed by atoms with E-state index in [4.69, 9.17) is 9.47 Å². The standard InChI is InChI=1S/C10H16O3/c1-2-12-8-6-10(11,7-8)9-4-3-5-13-9/h4,8,11H,2-3,5-7H2,1H3. The smallest absolute Gasteiger partial charge is 0.126 e. The summed E-state index contributed by atoms with van der Waals surface area (Å²) in [5, 5.41) is 10.0. The van der Waals surface area contributed by atoms with Crippen molar-refractivity contribution >= 4 is 0 Å². The van der Waals surface area contributed by atoms with Gasteiger partial charge in [0.15, 0.2) is 0 Å². The number of hydrogen-bond donors (Lipinski definition) is 1. The van der Waals surface area contributed by atoms with Crippen molar-refractivity contribution in [2.24, 2.45) is 0 Å². The predicted octanol–water partition coefficient (Wildman–Crippen LogP) is 1.22. The molecule has 74 valence electrons. The molecule has 2 rings (SSSR count). The van der Waals surface area contributed by atoms with E-state index in [2.05, 4.69) is 0 Å². The van der Waals surface area contributed by atoms with Crippen LogP contribution < -0.4 is 0 Å². The average Bonchev–Trinajstić information content (AvgIpc) is 2.53. The van der Waals surface area contributed by atoms with E-state index < -0.39 is 5.60 Å². The van der Waals surface area contributed by atoms with Gasteiger partial charge in [-0.05, 0) is 13.0 Å². The molecule has 0 spiro atoms. The molecular formula is C10H16O3. The van der Waals surface area contributed by atoms with Crippen molar-refractivity contribution in [2.45, 2.75) is 37.9 Å². The zero-order valence-corrected chi connectivity index (χ0v) is 7.95. The Hall–Kier alpha value is -0.540. The van der Waals surface area contributed by atoms with Crippen molar-refractivity contribution < 1.29 is 14.6 Å². The molecule has 0 unspecified atom stereocenters. The fraction of sp³-hybridized carbons (Fsp3) is 0.800. The van der Waals surface area contributed by atoms with Crippen LogP contribution in [0.3, 0.4) is 0 Å². The van der Waals surface area contributed by atoms with Crippen LogP contribution in [0.1, 0.15) is 26.2 Å². The van der Waals surface area contributed by atoms with E-state index in [1.807, 2.05) is 13.0 Å². The van der Waals surface area contributed by atoms with E-state index in [0.29, 0.717) is 12.8 Å². The molecule has 0 aromatic rings. The number of hydrogen-bond acceptors (Lipinski definition) is 3. The Labute approximate surface area is 78.3 Å². The van der Waals surface area contributed by atoms with Gasteiger partial charge >= 0.3 is 0 Å². The highest BCUT2D eigenvalue weighted by atomic mass is 16.5. The molecule has 0 aromatic carbocycles. The highest BCUT2D eigenvalue weighted by Gasteiger charge is 2.48. The molecular weight excluding hydrogens is 168 g/mol. The molecule has 1 heterocycles. The zero-order chi connectivity index (χ0) is 9.31.